The SMILES string of the molecule is COc1ccc(CN(C(=O)CSCc2ccccc2C)C(C)C(=O)NCC(C)C)cc1. The molecule has 0 saturated heterocycles. The number of hydrogen-bond acceptors (Lipinski definition) is 4. The van der Waals surface area contributed by atoms with Crippen LogP contribution in [0.5, 0.6) is 5.75 Å². The molecular weight excluding hydrogens is 408 g/mol. The van der Waals surface area contributed by atoms with E-state index in [9.17, 15) is 9.59 Å². The maximum atomic E-state index is 13.1. The van der Waals surface area contributed by atoms with Crippen LogP contribution in [-0.2, 0) is 21.9 Å². The summed E-state index contributed by atoms with van der Waals surface area (Å²) in [6.07, 6.45) is 0. The van der Waals surface area contributed by atoms with Crippen molar-refractivity contribution in [2.75, 3.05) is 19.4 Å². The molecule has 2 amide bonds. The van der Waals surface area contributed by atoms with Crippen molar-refractivity contribution in [2.45, 2.75) is 46.0 Å². The maximum absolute atomic E-state index is 13.1. The number of carbonyl (C=O) groups is 2. The summed E-state index contributed by atoms with van der Waals surface area (Å²) in [6.45, 7) is 8.94. The van der Waals surface area contributed by atoms with Gasteiger partial charge in [-0.25, -0.2) is 0 Å². The number of benzene rings is 2. The first-order chi connectivity index (χ1) is 14.8. The molecule has 0 radical (unpaired) electrons. The molecule has 0 aliphatic heterocycles. The largest absolute Gasteiger partial charge is 0.497 e. The molecule has 168 valence electrons. The maximum Gasteiger partial charge on any atom is 0.242 e. The molecule has 0 aliphatic rings. The van der Waals surface area contributed by atoms with Gasteiger partial charge in [-0.05, 0) is 48.6 Å². The van der Waals surface area contributed by atoms with E-state index in [1.165, 1.54) is 11.1 Å². The number of aryl methyl sites for hydroxylation is 1. The third-order valence-corrected chi connectivity index (χ3v) is 6.07. The van der Waals surface area contributed by atoms with Crippen LogP contribution in [0.1, 0.15) is 37.5 Å². The van der Waals surface area contributed by atoms with Crippen molar-refractivity contribution in [2.24, 2.45) is 5.92 Å². The smallest absolute Gasteiger partial charge is 0.242 e. The van der Waals surface area contributed by atoms with Gasteiger partial charge in [0.25, 0.3) is 0 Å². The quantitative estimate of drug-likeness (QED) is 0.559. The molecule has 1 N–H and O–H groups in total. The molecule has 2 aromatic carbocycles. The van der Waals surface area contributed by atoms with Gasteiger partial charge < -0.3 is 15.0 Å². The molecule has 31 heavy (non-hydrogen) atoms. The van der Waals surface area contributed by atoms with Crippen molar-refractivity contribution < 1.29 is 14.3 Å². The summed E-state index contributed by atoms with van der Waals surface area (Å²) < 4.78 is 5.22. The van der Waals surface area contributed by atoms with E-state index in [1.807, 2.05) is 50.2 Å². The lowest BCUT2D eigenvalue weighted by Gasteiger charge is -2.29. The normalized spacial score (nSPS) is 11.8. The lowest BCUT2D eigenvalue weighted by Crippen LogP contribution is -2.48. The highest BCUT2D eigenvalue weighted by atomic mass is 32.2. The van der Waals surface area contributed by atoms with Gasteiger partial charge in [-0.2, -0.15) is 0 Å². The lowest BCUT2D eigenvalue weighted by atomic mass is 10.1. The summed E-state index contributed by atoms with van der Waals surface area (Å²) in [6, 6.07) is 15.2. The molecule has 2 rings (SSSR count). The highest BCUT2D eigenvalue weighted by Crippen LogP contribution is 2.19. The first-order valence-electron chi connectivity index (χ1n) is 10.6. The number of ether oxygens (including phenoxy) is 1. The number of methoxy groups -OCH3 is 1. The minimum Gasteiger partial charge on any atom is -0.497 e. The third kappa shape index (κ3) is 7.94. The van der Waals surface area contributed by atoms with Gasteiger partial charge in [-0.1, -0.05) is 50.2 Å². The van der Waals surface area contributed by atoms with Crippen LogP contribution in [-0.4, -0.2) is 42.2 Å². The first kappa shape index (κ1) is 24.8. The Morgan fingerprint density at radius 3 is 2.35 bits per heavy atom. The second kappa shape index (κ2) is 12.4. The topological polar surface area (TPSA) is 58.6 Å². The van der Waals surface area contributed by atoms with Crippen LogP contribution in [0.2, 0.25) is 0 Å². The number of nitrogens with zero attached hydrogens (tertiary/aromatic N) is 1. The predicted octanol–water partition coefficient (Wildman–Crippen LogP) is 4.43. The summed E-state index contributed by atoms with van der Waals surface area (Å²) in [4.78, 5) is 27.5. The number of carbonyl (C=O) groups excluding carboxylic acids is 2. The molecule has 0 saturated carbocycles. The Morgan fingerprint density at radius 1 is 1.06 bits per heavy atom. The van der Waals surface area contributed by atoms with E-state index in [2.05, 4.69) is 24.4 Å². The molecule has 0 bridgehead atoms. The van der Waals surface area contributed by atoms with Crippen LogP contribution in [0.25, 0.3) is 0 Å². The fraction of sp³-hybridized carbons (Fsp3) is 0.440. The van der Waals surface area contributed by atoms with Crippen molar-refractivity contribution in [3.63, 3.8) is 0 Å². The van der Waals surface area contributed by atoms with Crippen LogP contribution in [0.3, 0.4) is 0 Å². The van der Waals surface area contributed by atoms with Crippen LogP contribution < -0.4 is 10.1 Å². The molecule has 1 atom stereocenters. The van der Waals surface area contributed by atoms with Crippen molar-refractivity contribution in [3.05, 3.63) is 65.2 Å². The molecular formula is C25H34N2O3S. The van der Waals surface area contributed by atoms with Gasteiger partial charge in [-0.15, -0.1) is 11.8 Å². The van der Waals surface area contributed by atoms with Gasteiger partial charge in [0.1, 0.15) is 11.8 Å². The van der Waals surface area contributed by atoms with Gasteiger partial charge in [0.15, 0.2) is 0 Å². The molecule has 0 spiro atoms. The van der Waals surface area contributed by atoms with Gasteiger partial charge in [0, 0.05) is 18.8 Å². The average Bonchev–Trinajstić information content (AvgIpc) is 2.76. The molecule has 1 unspecified atom stereocenters. The zero-order valence-corrected chi connectivity index (χ0v) is 20.0. The van der Waals surface area contributed by atoms with E-state index >= 15 is 0 Å². The number of rotatable bonds is 11. The molecule has 0 fully saturated rings. The fourth-order valence-electron chi connectivity index (χ4n) is 3.07. The van der Waals surface area contributed by atoms with Crippen LogP contribution in [0.4, 0.5) is 0 Å². The Bertz CT molecular complexity index is 852. The predicted molar refractivity (Wildman–Crippen MR) is 128 cm³/mol. The highest BCUT2D eigenvalue weighted by molar-refractivity contribution is 7.99. The Hall–Kier alpha value is -2.47. The van der Waals surface area contributed by atoms with Gasteiger partial charge in [0.2, 0.25) is 11.8 Å². The van der Waals surface area contributed by atoms with E-state index in [0.29, 0.717) is 24.8 Å². The first-order valence-corrected chi connectivity index (χ1v) is 11.8. The van der Waals surface area contributed by atoms with Crippen molar-refractivity contribution >= 4 is 23.6 Å². The number of hydrogen-bond donors (Lipinski definition) is 1. The van der Waals surface area contributed by atoms with Gasteiger partial charge in [0.05, 0.1) is 12.9 Å². The minimum absolute atomic E-state index is 0.0402. The fourth-order valence-corrected chi connectivity index (χ4v) is 4.05. The van der Waals surface area contributed by atoms with Crippen LogP contribution in [0, 0.1) is 12.8 Å². The summed E-state index contributed by atoms with van der Waals surface area (Å²) >= 11 is 1.58. The Balaban J connectivity index is 2.07. The summed E-state index contributed by atoms with van der Waals surface area (Å²) in [7, 11) is 1.62. The molecule has 0 aromatic heterocycles. The van der Waals surface area contributed by atoms with E-state index in [0.717, 1.165) is 17.1 Å². The zero-order valence-electron chi connectivity index (χ0n) is 19.2. The van der Waals surface area contributed by atoms with E-state index in [1.54, 1.807) is 30.7 Å². The Kier molecular flexibility index (Phi) is 9.92. The van der Waals surface area contributed by atoms with Gasteiger partial charge >= 0.3 is 0 Å². The molecule has 0 aliphatic carbocycles. The molecule has 2 aromatic rings. The zero-order chi connectivity index (χ0) is 22.8. The van der Waals surface area contributed by atoms with Crippen molar-refractivity contribution in [1.82, 2.24) is 10.2 Å². The van der Waals surface area contributed by atoms with Crippen LogP contribution in [0.15, 0.2) is 48.5 Å². The Morgan fingerprint density at radius 2 is 1.74 bits per heavy atom. The van der Waals surface area contributed by atoms with E-state index < -0.39 is 6.04 Å². The van der Waals surface area contributed by atoms with Crippen molar-refractivity contribution in [1.29, 1.82) is 0 Å². The second-order valence-electron chi connectivity index (χ2n) is 8.10. The van der Waals surface area contributed by atoms with E-state index in [-0.39, 0.29) is 11.8 Å². The van der Waals surface area contributed by atoms with Crippen LogP contribution >= 0.6 is 11.8 Å². The standard InChI is InChI=1S/C25H34N2O3S/c1-18(2)14-26-25(29)20(4)27(15-21-10-12-23(30-5)13-11-21)24(28)17-31-16-22-9-7-6-8-19(22)3/h6-13,18,20H,14-17H2,1-5H3,(H,26,29). The van der Waals surface area contributed by atoms with Gasteiger partial charge in [-0.3, -0.25) is 9.59 Å². The number of amides is 2. The summed E-state index contributed by atoms with van der Waals surface area (Å²) in [5.41, 5.74) is 3.41. The summed E-state index contributed by atoms with van der Waals surface area (Å²) in [5, 5.41) is 2.95. The number of thioether (sulfide) groups is 1. The third-order valence-electron chi connectivity index (χ3n) is 5.11. The summed E-state index contributed by atoms with van der Waals surface area (Å²) in [5.74, 6) is 2.04. The number of nitrogens with one attached hydrogen (secondary N) is 1. The Labute approximate surface area is 190 Å². The van der Waals surface area contributed by atoms with E-state index in [4.69, 9.17) is 4.74 Å². The molecule has 5 nitrogen and oxygen atoms in total. The van der Waals surface area contributed by atoms with Crippen molar-refractivity contribution in [3.8, 4) is 5.75 Å². The molecule has 0 heterocycles. The highest BCUT2D eigenvalue weighted by Gasteiger charge is 2.26. The monoisotopic (exact) mass is 442 g/mol. The molecule has 6 heteroatoms. The average molecular weight is 443 g/mol. The second-order valence-corrected chi connectivity index (χ2v) is 9.09. The lowest BCUT2D eigenvalue weighted by molar-refractivity contribution is -0.138. The minimum atomic E-state index is -0.549.